The van der Waals surface area contributed by atoms with Crippen LogP contribution >= 0.6 is 0 Å². The third-order valence-corrected chi connectivity index (χ3v) is 6.17. The maximum Gasteiger partial charge on any atom is 0.407 e. The number of nitrogens with zero attached hydrogens (tertiary/aromatic N) is 1. The molecule has 2 aromatic rings. The van der Waals surface area contributed by atoms with Crippen LogP contribution in [0.25, 0.3) is 0 Å². The molecule has 2 fully saturated rings. The molecule has 0 spiro atoms. The van der Waals surface area contributed by atoms with Gasteiger partial charge in [0.25, 0.3) is 0 Å². The number of benzene rings is 2. The van der Waals surface area contributed by atoms with E-state index in [9.17, 15) is 14.4 Å². The predicted molar refractivity (Wildman–Crippen MR) is 112 cm³/mol. The number of fused-ring (bicyclic) bond motifs is 5. The molecule has 31 heavy (non-hydrogen) atoms. The molecule has 5 rings (SSSR count). The molecule has 2 bridgehead atoms. The van der Waals surface area contributed by atoms with Gasteiger partial charge in [-0.2, -0.15) is 0 Å². The van der Waals surface area contributed by atoms with Crippen molar-refractivity contribution in [1.82, 2.24) is 5.32 Å². The molecule has 0 aromatic heterocycles. The Hall–Kier alpha value is -3.45. The van der Waals surface area contributed by atoms with Crippen LogP contribution < -0.4 is 10.2 Å². The maximum atomic E-state index is 13.3. The number of anilines is 1. The van der Waals surface area contributed by atoms with Crippen molar-refractivity contribution in [2.24, 2.45) is 11.8 Å². The summed E-state index contributed by atoms with van der Waals surface area (Å²) in [5, 5.41) is 2.70. The Morgan fingerprint density at radius 1 is 1.10 bits per heavy atom. The fraction of sp³-hybridized carbons (Fsp3) is 0.292. The Balaban J connectivity index is 1.29. The van der Waals surface area contributed by atoms with Crippen LogP contribution in [-0.2, 0) is 25.7 Å². The molecule has 2 aromatic carbocycles. The highest BCUT2D eigenvalue weighted by Gasteiger charge is 2.67. The van der Waals surface area contributed by atoms with E-state index in [4.69, 9.17) is 9.47 Å². The van der Waals surface area contributed by atoms with Crippen LogP contribution in [0.4, 0.5) is 10.5 Å². The summed E-state index contributed by atoms with van der Waals surface area (Å²) in [6, 6.07) is 16.6. The van der Waals surface area contributed by atoms with Crippen LogP contribution in [-0.4, -0.2) is 36.2 Å². The zero-order valence-corrected chi connectivity index (χ0v) is 17.0. The van der Waals surface area contributed by atoms with E-state index in [2.05, 4.69) is 5.32 Å². The molecular weight excluding hydrogens is 396 g/mol. The first kappa shape index (κ1) is 19.5. The number of aryl methyl sites for hydroxylation is 1. The first-order valence-corrected chi connectivity index (χ1v) is 10.2. The van der Waals surface area contributed by atoms with Crippen molar-refractivity contribution >= 4 is 23.6 Å². The third kappa shape index (κ3) is 3.21. The normalized spacial score (nSPS) is 28.2. The zero-order chi connectivity index (χ0) is 21.6. The molecule has 158 valence electrons. The molecule has 0 saturated carbocycles. The molecule has 3 aliphatic rings. The van der Waals surface area contributed by atoms with Crippen molar-refractivity contribution in [3.63, 3.8) is 0 Å². The highest BCUT2D eigenvalue weighted by Crippen LogP contribution is 2.52. The van der Waals surface area contributed by atoms with Gasteiger partial charge in [-0.15, -0.1) is 0 Å². The van der Waals surface area contributed by atoms with E-state index >= 15 is 0 Å². The smallest absolute Gasteiger partial charge is 0.407 e. The van der Waals surface area contributed by atoms with Crippen molar-refractivity contribution in [2.75, 3.05) is 11.4 Å². The Morgan fingerprint density at radius 2 is 1.84 bits per heavy atom. The van der Waals surface area contributed by atoms with Crippen LogP contribution in [0.5, 0.6) is 0 Å². The zero-order valence-electron chi connectivity index (χ0n) is 17.0. The van der Waals surface area contributed by atoms with Crippen molar-refractivity contribution in [3.05, 3.63) is 77.9 Å². The third-order valence-electron chi connectivity index (χ3n) is 6.17. The largest absolute Gasteiger partial charge is 0.445 e. The van der Waals surface area contributed by atoms with Gasteiger partial charge in [0.2, 0.25) is 11.8 Å². The Morgan fingerprint density at radius 3 is 2.58 bits per heavy atom. The van der Waals surface area contributed by atoms with Crippen molar-refractivity contribution in [1.29, 1.82) is 0 Å². The summed E-state index contributed by atoms with van der Waals surface area (Å²) in [6.45, 7) is 2.14. The number of ether oxygens (including phenoxy) is 2. The van der Waals surface area contributed by atoms with E-state index in [0.29, 0.717) is 5.69 Å². The van der Waals surface area contributed by atoms with E-state index in [0.717, 1.165) is 11.1 Å². The molecule has 3 aliphatic heterocycles. The van der Waals surface area contributed by atoms with Gasteiger partial charge < -0.3 is 14.8 Å². The molecule has 2 saturated heterocycles. The van der Waals surface area contributed by atoms with Gasteiger partial charge in [0.1, 0.15) is 12.2 Å². The monoisotopic (exact) mass is 418 g/mol. The van der Waals surface area contributed by atoms with Crippen molar-refractivity contribution < 1.29 is 23.9 Å². The number of hydrogen-bond donors (Lipinski definition) is 1. The molecular formula is C24H22N2O5. The average molecular weight is 418 g/mol. The highest BCUT2D eigenvalue weighted by atomic mass is 16.6. The second-order valence-electron chi connectivity index (χ2n) is 8.16. The molecule has 0 aliphatic carbocycles. The fourth-order valence-electron chi connectivity index (χ4n) is 4.64. The van der Waals surface area contributed by atoms with E-state index < -0.39 is 29.6 Å². The first-order chi connectivity index (χ1) is 15.0. The van der Waals surface area contributed by atoms with Gasteiger partial charge in [-0.05, 0) is 24.6 Å². The molecule has 3 amide bonds. The number of nitrogens with one attached hydrogen (secondary N) is 1. The van der Waals surface area contributed by atoms with Gasteiger partial charge in [0, 0.05) is 0 Å². The Kier molecular flexibility index (Phi) is 4.63. The number of imide groups is 1. The van der Waals surface area contributed by atoms with Gasteiger partial charge in [-0.1, -0.05) is 60.2 Å². The standard InChI is InChI=1S/C24H22N2O5/c1-15-7-9-17(10-8-15)26-21(27)19-18-11-12-24(31-18,20(19)22(26)28)14-25-23(29)30-13-16-5-3-2-4-6-16/h2-12,18-20H,13-14H2,1H3,(H,25,29)/t18-,19-,20+,24-/m1/s1. The van der Waals surface area contributed by atoms with Crippen LogP contribution in [0.2, 0.25) is 0 Å². The topological polar surface area (TPSA) is 84.9 Å². The van der Waals surface area contributed by atoms with Crippen LogP contribution in [0.1, 0.15) is 11.1 Å². The summed E-state index contributed by atoms with van der Waals surface area (Å²) in [5.41, 5.74) is 1.43. The van der Waals surface area contributed by atoms with E-state index in [1.165, 1.54) is 4.90 Å². The summed E-state index contributed by atoms with van der Waals surface area (Å²) in [7, 11) is 0. The van der Waals surface area contributed by atoms with Gasteiger partial charge in [0.05, 0.1) is 30.2 Å². The molecule has 0 unspecified atom stereocenters. The lowest BCUT2D eigenvalue weighted by molar-refractivity contribution is -0.126. The van der Waals surface area contributed by atoms with E-state index in [1.807, 2.05) is 55.5 Å². The van der Waals surface area contributed by atoms with Crippen molar-refractivity contribution in [2.45, 2.75) is 25.2 Å². The molecule has 7 heteroatoms. The van der Waals surface area contributed by atoms with Crippen LogP contribution in [0.3, 0.4) is 0 Å². The summed E-state index contributed by atoms with van der Waals surface area (Å²) in [4.78, 5) is 39.8. The summed E-state index contributed by atoms with van der Waals surface area (Å²) in [5.74, 6) is -1.82. The SMILES string of the molecule is Cc1ccc(N2C(=O)[C@H]3[C@@H](C2=O)[C@]2(CNC(=O)OCc4ccccc4)C=C[C@H]3O2)cc1. The van der Waals surface area contributed by atoms with E-state index in [1.54, 1.807) is 18.2 Å². The summed E-state index contributed by atoms with van der Waals surface area (Å²) in [6.07, 6.45) is 2.52. The minimum Gasteiger partial charge on any atom is -0.445 e. The Bertz CT molecular complexity index is 1070. The summed E-state index contributed by atoms with van der Waals surface area (Å²) < 4.78 is 11.3. The van der Waals surface area contributed by atoms with E-state index in [-0.39, 0.29) is 25.0 Å². The van der Waals surface area contributed by atoms with Gasteiger partial charge >= 0.3 is 6.09 Å². The average Bonchev–Trinajstić information content (AvgIpc) is 3.43. The number of carbonyl (C=O) groups excluding carboxylic acids is 3. The molecule has 1 N–H and O–H groups in total. The number of hydrogen-bond acceptors (Lipinski definition) is 5. The maximum absolute atomic E-state index is 13.3. The van der Waals surface area contributed by atoms with Crippen LogP contribution in [0, 0.1) is 18.8 Å². The predicted octanol–water partition coefficient (Wildman–Crippen LogP) is 2.73. The molecule has 0 radical (unpaired) electrons. The fourth-order valence-corrected chi connectivity index (χ4v) is 4.64. The quantitative estimate of drug-likeness (QED) is 0.596. The molecule has 4 atom stereocenters. The molecule has 3 heterocycles. The van der Waals surface area contributed by atoms with Crippen molar-refractivity contribution in [3.8, 4) is 0 Å². The number of alkyl carbamates (subject to hydrolysis) is 1. The molecule has 7 nitrogen and oxygen atoms in total. The number of amides is 3. The second kappa shape index (κ2) is 7.35. The Labute approximate surface area is 179 Å². The lowest BCUT2D eigenvalue weighted by Gasteiger charge is -2.28. The summed E-state index contributed by atoms with van der Waals surface area (Å²) >= 11 is 0. The van der Waals surface area contributed by atoms with Gasteiger partial charge in [0.15, 0.2) is 0 Å². The van der Waals surface area contributed by atoms with Gasteiger partial charge in [-0.25, -0.2) is 9.69 Å². The van der Waals surface area contributed by atoms with Crippen LogP contribution in [0.15, 0.2) is 66.7 Å². The van der Waals surface area contributed by atoms with Gasteiger partial charge in [-0.3, -0.25) is 9.59 Å². The first-order valence-electron chi connectivity index (χ1n) is 10.2. The minimum atomic E-state index is -1.05. The minimum absolute atomic E-state index is 0.0511. The second-order valence-corrected chi connectivity index (χ2v) is 8.16. The lowest BCUT2D eigenvalue weighted by atomic mass is 9.77. The highest BCUT2D eigenvalue weighted by molar-refractivity contribution is 6.23. The number of carbonyl (C=O) groups is 3. The number of rotatable bonds is 5. The lowest BCUT2D eigenvalue weighted by Crippen LogP contribution is -2.49.